The number of likely N-dealkylation sites (tertiary alicyclic amines) is 1. The third-order valence-corrected chi connectivity index (χ3v) is 5.39. The van der Waals surface area contributed by atoms with Crippen molar-refractivity contribution in [2.45, 2.75) is 24.9 Å². The SMILES string of the molecule is CN1CCC(OP(OCCC#N)C(N(C)C)N(C)C)C1. The van der Waals surface area contributed by atoms with E-state index in [1.54, 1.807) is 0 Å². The molecule has 0 aromatic heterocycles. The summed E-state index contributed by atoms with van der Waals surface area (Å²) in [4.78, 5) is 6.49. The van der Waals surface area contributed by atoms with Crippen molar-refractivity contribution in [3.05, 3.63) is 0 Å². The van der Waals surface area contributed by atoms with Gasteiger partial charge in [-0.15, -0.1) is 0 Å². The van der Waals surface area contributed by atoms with Gasteiger partial charge in [-0.2, -0.15) is 5.26 Å². The van der Waals surface area contributed by atoms with Gasteiger partial charge in [0.2, 0.25) is 8.38 Å². The van der Waals surface area contributed by atoms with Crippen molar-refractivity contribution in [2.75, 3.05) is 54.9 Å². The van der Waals surface area contributed by atoms with E-state index in [4.69, 9.17) is 14.3 Å². The first-order chi connectivity index (χ1) is 9.45. The zero-order valence-electron chi connectivity index (χ0n) is 13.2. The molecule has 1 aliphatic rings. The van der Waals surface area contributed by atoms with Crippen LogP contribution in [0.5, 0.6) is 0 Å². The predicted molar refractivity (Wildman–Crippen MR) is 81.3 cm³/mol. The van der Waals surface area contributed by atoms with E-state index >= 15 is 0 Å². The van der Waals surface area contributed by atoms with Crippen LogP contribution in [-0.2, 0) is 9.05 Å². The molecule has 0 aromatic rings. The van der Waals surface area contributed by atoms with Crippen LogP contribution < -0.4 is 0 Å². The highest BCUT2D eigenvalue weighted by Crippen LogP contribution is 2.47. The lowest BCUT2D eigenvalue weighted by Crippen LogP contribution is -2.40. The van der Waals surface area contributed by atoms with Crippen molar-refractivity contribution < 1.29 is 9.05 Å². The fourth-order valence-electron chi connectivity index (χ4n) is 2.30. The van der Waals surface area contributed by atoms with Gasteiger partial charge in [0.1, 0.15) is 5.91 Å². The van der Waals surface area contributed by atoms with Crippen molar-refractivity contribution >= 4 is 8.38 Å². The Morgan fingerprint density at radius 1 is 1.35 bits per heavy atom. The first kappa shape index (κ1) is 17.8. The van der Waals surface area contributed by atoms with E-state index in [9.17, 15) is 0 Å². The van der Waals surface area contributed by atoms with Crippen LogP contribution in [0.3, 0.4) is 0 Å². The van der Waals surface area contributed by atoms with Gasteiger partial charge in [0.05, 0.1) is 25.2 Å². The summed E-state index contributed by atoms with van der Waals surface area (Å²) in [7, 11) is 9.14. The molecule has 1 heterocycles. The second-order valence-electron chi connectivity index (χ2n) is 5.58. The van der Waals surface area contributed by atoms with Crippen LogP contribution in [0.15, 0.2) is 0 Å². The molecule has 0 radical (unpaired) electrons. The molecule has 0 amide bonds. The van der Waals surface area contributed by atoms with E-state index in [0.717, 1.165) is 19.5 Å². The lowest BCUT2D eigenvalue weighted by atomic mass is 10.3. The van der Waals surface area contributed by atoms with E-state index in [1.807, 2.05) is 28.2 Å². The van der Waals surface area contributed by atoms with E-state index in [-0.39, 0.29) is 12.0 Å². The summed E-state index contributed by atoms with van der Waals surface area (Å²) in [6.07, 6.45) is 1.68. The highest BCUT2D eigenvalue weighted by Gasteiger charge is 2.32. The Hall–Kier alpha value is -0.280. The molecule has 2 atom stereocenters. The summed E-state index contributed by atoms with van der Waals surface area (Å²) < 4.78 is 12.1. The minimum atomic E-state index is -1.07. The van der Waals surface area contributed by atoms with Gasteiger partial charge in [0.15, 0.2) is 0 Å². The summed E-state index contributed by atoms with van der Waals surface area (Å²) in [6.45, 7) is 2.46. The van der Waals surface area contributed by atoms with Gasteiger partial charge < -0.3 is 13.9 Å². The summed E-state index contributed by atoms with van der Waals surface area (Å²) in [5.41, 5.74) is 0. The van der Waals surface area contributed by atoms with Crippen LogP contribution in [0.1, 0.15) is 12.8 Å². The van der Waals surface area contributed by atoms with Crippen molar-refractivity contribution in [3.63, 3.8) is 0 Å². The van der Waals surface area contributed by atoms with Gasteiger partial charge in [-0.05, 0) is 41.7 Å². The molecule has 0 aliphatic carbocycles. The van der Waals surface area contributed by atoms with Crippen LogP contribution in [0.2, 0.25) is 0 Å². The number of hydrogen-bond acceptors (Lipinski definition) is 6. The first-order valence-electron chi connectivity index (χ1n) is 6.93. The summed E-state index contributed by atoms with van der Waals surface area (Å²) in [5.74, 6) is 0.0922. The van der Waals surface area contributed by atoms with Gasteiger partial charge in [-0.3, -0.25) is 9.80 Å². The second-order valence-corrected chi connectivity index (χ2v) is 7.08. The summed E-state index contributed by atoms with van der Waals surface area (Å²) in [5, 5.41) is 8.66. The molecule has 2 unspecified atom stereocenters. The minimum Gasteiger partial charge on any atom is -0.331 e. The maximum atomic E-state index is 8.66. The molecule has 0 N–H and O–H groups in total. The molecule has 0 aromatic carbocycles. The van der Waals surface area contributed by atoms with Crippen LogP contribution in [0.25, 0.3) is 0 Å². The average molecular weight is 302 g/mol. The highest BCUT2D eigenvalue weighted by molar-refractivity contribution is 7.47. The number of rotatable bonds is 8. The summed E-state index contributed by atoms with van der Waals surface area (Å²) >= 11 is 0. The molecule has 0 spiro atoms. The van der Waals surface area contributed by atoms with Crippen LogP contribution in [0.4, 0.5) is 0 Å². The third-order valence-electron chi connectivity index (χ3n) is 3.15. The fourth-order valence-corrected chi connectivity index (χ4v) is 4.09. The maximum Gasteiger partial charge on any atom is 0.205 e. The highest BCUT2D eigenvalue weighted by atomic mass is 31.2. The Morgan fingerprint density at radius 3 is 2.45 bits per heavy atom. The fraction of sp³-hybridized carbons (Fsp3) is 0.923. The number of nitrogens with zero attached hydrogens (tertiary/aromatic N) is 4. The first-order valence-corrected chi connectivity index (χ1v) is 8.17. The van der Waals surface area contributed by atoms with Gasteiger partial charge in [-0.25, -0.2) is 0 Å². The molecule has 0 saturated carbocycles. The van der Waals surface area contributed by atoms with Gasteiger partial charge in [-0.1, -0.05) is 0 Å². The Kier molecular flexibility index (Phi) is 7.90. The lowest BCUT2D eigenvalue weighted by Gasteiger charge is -2.36. The van der Waals surface area contributed by atoms with E-state index in [0.29, 0.717) is 13.0 Å². The Balaban J connectivity index is 2.65. The molecule has 116 valence electrons. The molecular weight excluding hydrogens is 275 g/mol. The molecule has 1 saturated heterocycles. The monoisotopic (exact) mass is 302 g/mol. The van der Waals surface area contributed by atoms with Crippen molar-refractivity contribution in [1.29, 1.82) is 5.26 Å². The number of nitriles is 1. The van der Waals surface area contributed by atoms with Crippen molar-refractivity contribution in [3.8, 4) is 6.07 Å². The second kappa shape index (κ2) is 8.89. The molecule has 1 fully saturated rings. The topological polar surface area (TPSA) is 52.0 Å². The average Bonchev–Trinajstić information content (AvgIpc) is 2.74. The number of likely N-dealkylation sites (N-methyl/N-ethyl adjacent to an activating group) is 1. The minimum absolute atomic E-state index is 0.0922. The Labute approximate surface area is 124 Å². The lowest BCUT2D eigenvalue weighted by molar-refractivity contribution is 0.126. The molecule has 0 bridgehead atoms. The zero-order chi connectivity index (χ0) is 15.1. The van der Waals surface area contributed by atoms with Gasteiger partial charge >= 0.3 is 0 Å². The van der Waals surface area contributed by atoms with Crippen molar-refractivity contribution in [1.82, 2.24) is 14.7 Å². The maximum absolute atomic E-state index is 8.66. The van der Waals surface area contributed by atoms with Crippen LogP contribution >= 0.6 is 8.38 Å². The molecule has 1 rings (SSSR count). The van der Waals surface area contributed by atoms with Gasteiger partial charge in [0.25, 0.3) is 0 Å². The van der Waals surface area contributed by atoms with Crippen LogP contribution in [0, 0.1) is 11.3 Å². The Morgan fingerprint density at radius 2 is 2.00 bits per heavy atom. The summed E-state index contributed by atoms with van der Waals surface area (Å²) in [6, 6.07) is 2.12. The molecular formula is C13H27N4O2P. The van der Waals surface area contributed by atoms with E-state index < -0.39 is 8.38 Å². The normalized spacial score (nSPS) is 21.9. The van der Waals surface area contributed by atoms with Crippen molar-refractivity contribution in [2.24, 2.45) is 0 Å². The molecule has 7 heteroatoms. The quantitative estimate of drug-likeness (QED) is 0.383. The molecule has 6 nitrogen and oxygen atoms in total. The Bertz CT molecular complexity index is 314. The molecule has 1 aliphatic heterocycles. The number of hydrogen-bond donors (Lipinski definition) is 0. The van der Waals surface area contributed by atoms with Crippen LogP contribution in [-0.4, -0.2) is 81.6 Å². The predicted octanol–water partition coefficient (Wildman–Crippen LogP) is 1.36. The van der Waals surface area contributed by atoms with Gasteiger partial charge in [0, 0.05) is 13.1 Å². The standard InChI is InChI=1S/C13H27N4O2P/c1-15(2)13(16(3)4)20(18-10-6-8-14)19-12-7-9-17(5)11-12/h12-13H,6-7,9-11H2,1-5H3. The van der Waals surface area contributed by atoms with E-state index in [2.05, 4.69) is 27.8 Å². The van der Waals surface area contributed by atoms with E-state index in [1.165, 1.54) is 0 Å². The third kappa shape index (κ3) is 5.61. The molecule has 20 heavy (non-hydrogen) atoms. The largest absolute Gasteiger partial charge is 0.331 e. The smallest absolute Gasteiger partial charge is 0.205 e. The zero-order valence-corrected chi connectivity index (χ0v) is 14.1.